The Balaban J connectivity index is 0.000000189. The first-order valence-electron chi connectivity index (χ1n) is 13.3. The number of anilines is 2. The van der Waals surface area contributed by atoms with Gasteiger partial charge in [-0.1, -0.05) is 36.7 Å². The molecule has 4 aromatic rings. The average molecular weight is 617 g/mol. The van der Waals surface area contributed by atoms with E-state index in [0.29, 0.717) is 54.2 Å². The van der Waals surface area contributed by atoms with Gasteiger partial charge in [-0.05, 0) is 37.8 Å². The number of piperidine rings is 1. The molecule has 2 aliphatic heterocycles. The lowest BCUT2D eigenvalue weighted by molar-refractivity contribution is -0.112. The molecular formula is C29H28ClF3N6O2S. The smallest absolute Gasteiger partial charge is 0.265 e. The zero-order valence-electron chi connectivity index (χ0n) is 22.9. The number of aromatic nitrogens is 4. The molecule has 1 saturated heterocycles. The van der Waals surface area contributed by atoms with Crippen LogP contribution in [0.25, 0.3) is 16.9 Å². The fourth-order valence-corrected chi connectivity index (χ4v) is 5.82. The summed E-state index contributed by atoms with van der Waals surface area (Å²) in [5, 5.41) is 6.88. The van der Waals surface area contributed by atoms with Crippen LogP contribution < -0.4 is 10.2 Å². The number of benzene rings is 2. The number of carbonyl (C=O) groups is 1. The number of rotatable bonds is 4. The van der Waals surface area contributed by atoms with Gasteiger partial charge in [-0.3, -0.25) is 4.79 Å². The fourth-order valence-electron chi connectivity index (χ4n) is 4.75. The van der Waals surface area contributed by atoms with E-state index in [1.807, 2.05) is 42.2 Å². The second-order valence-electron chi connectivity index (χ2n) is 9.89. The van der Waals surface area contributed by atoms with Crippen LogP contribution in [-0.4, -0.2) is 50.9 Å². The zero-order chi connectivity index (χ0) is 29.8. The van der Waals surface area contributed by atoms with Crippen molar-refractivity contribution in [2.45, 2.75) is 26.7 Å². The Kier molecular flexibility index (Phi) is 9.22. The number of nitrogens with zero attached hydrogens (tertiary/aromatic N) is 5. The maximum atomic E-state index is 14.5. The number of ether oxygens (including phenoxy) is 1. The van der Waals surface area contributed by atoms with E-state index in [4.69, 9.17) is 16.3 Å². The summed E-state index contributed by atoms with van der Waals surface area (Å²) in [5.41, 5.74) is 0.433. The van der Waals surface area contributed by atoms with Crippen molar-refractivity contribution in [2.24, 2.45) is 5.92 Å². The van der Waals surface area contributed by atoms with Crippen molar-refractivity contribution in [2.75, 3.05) is 35.7 Å². The Morgan fingerprint density at radius 2 is 1.79 bits per heavy atom. The van der Waals surface area contributed by atoms with Crippen molar-refractivity contribution >= 4 is 46.6 Å². The molecule has 13 heteroatoms. The number of thioether (sulfide) groups is 1. The molecule has 6 rings (SSSR count). The van der Waals surface area contributed by atoms with E-state index in [2.05, 4.69) is 27.3 Å². The van der Waals surface area contributed by atoms with E-state index in [9.17, 15) is 18.0 Å². The normalized spacial score (nSPS) is 15.7. The molecule has 0 saturated carbocycles. The highest BCUT2D eigenvalue weighted by Gasteiger charge is 2.29. The molecule has 0 bridgehead atoms. The first-order chi connectivity index (χ1) is 20.2. The largest absolute Gasteiger partial charge is 0.496 e. The summed E-state index contributed by atoms with van der Waals surface area (Å²) < 4.78 is 49.1. The summed E-state index contributed by atoms with van der Waals surface area (Å²) in [5.74, 6) is -0.438. The lowest BCUT2D eigenvalue weighted by Crippen LogP contribution is -2.35. The molecule has 2 aliphatic rings. The van der Waals surface area contributed by atoms with Gasteiger partial charge in [0.2, 0.25) is 0 Å². The number of carbonyl (C=O) groups excluding carboxylic acids is 1. The van der Waals surface area contributed by atoms with E-state index in [1.165, 1.54) is 10.8 Å². The molecule has 220 valence electrons. The maximum Gasteiger partial charge on any atom is 0.265 e. The van der Waals surface area contributed by atoms with Crippen LogP contribution in [0, 0.1) is 23.4 Å². The quantitative estimate of drug-likeness (QED) is 0.255. The highest BCUT2D eigenvalue weighted by atomic mass is 35.5. The predicted molar refractivity (Wildman–Crippen MR) is 158 cm³/mol. The van der Waals surface area contributed by atoms with Gasteiger partial charge in [0.15, 0.2) is 0 Å². The molecule has 2 aromatic carbocycles. The molecular weight excluding hydrogens is 589 g/mol. The molecule has 1 N–H and O–H groups in total. The van der Waals surface area contributed by atoms with Crippen molar-refractivity contribution in [3.8, 4) is 11.1 Å². The number of fused-ring (bicyclic) bond motifs is 1. The van der Waals surface area contributed by atoms with Gasteiger partial charge in [-0.15, -0.1) is 11.8 Å². The number of halogens is 4. The van der Waals surface area contributed by atoms with Gasteiger partial charge in [-0.2, -0.15) is 19.6 Å². The van der Waals surface area contributed by atoms with Gasteiger partial charge >= 0.3 is 0 Å². The summed E-state index contributed by atoms with van der Waals surface area (Å²) in [7, 11) is 0. The summed E-state index contributed by atoms with van der Waals surface area (Å²) in [6, 6.07) is 10.7. The van der Waals surface area contributed by atoms with Crippen molar-refractivity contribution in [3.63, 3.8) is 0 Å². The lowest BCUT2D eigenvalue weighted by atomic mass is 9.98. The summed E-state index contributed by atoms with van der Waals surface area (Å²) in [4.78, 5) is 22.7. The van der Waals surface area contributed by atoms with Crippen LogP contribution in [0.2, 0.25) is 5.15 Å². The van der Waals surface area contributed by atoms with Gasteiger partial charge in [0, 0.05) is 36.7 Å². The standard InChI is InChI=1S/C17H15ClF3N5.C12H13NO2S/c1-9-2-4-25(5-3-9)16-14(13-11(20)6-10(19)7-12(13)21)15(18)24-17-22-8-23-26(16)17;1-9-11(16-8-7-15-9)12(14)13-10-5-3-2-4-6-10/h6-9H,2-5H2,1H3;2-6H,7-8H2,1H3,(H,13,14). The minimum atomic E-state index is -1.04. The molecule has 4 heterocycles. The Morgan fingerprint density at radius 1 is 1.10 bits per heavy atom. The second-order valence-corrected chi connectivity index (χ2v) is 11.4. The van der Waals surface area contributed by atoms with E-state index in [1.54, 1.807) is 11.8 Å². The highest BCUT2D eigenvalue weighted by molar-refractivity contribution is 8.04. The van der Waals surface area contributed by atoms with Crippen LogP contribution in [0.15, 0.2) is 59.5 Å². The lowest BCUT2D eigenvalue weighted by Gasteiger charge is -2.33. The van der Waals surface area contributed by atoms with Crippen LogP contribution in [-0.2, 0) is 9.53 Å². The molecule has 0 spiro atoms. The van der Waals surface area contributed by atoms with Crippen LogP contribution in [0.1, 0.15) is 26.7 Å². The fraction of sp³-hybridized carbons (Fsp3) is 0.310. The number of amides is 1. The minimum absolute atomic E-state index is 0.0502. The maximum absolute atomic E-state index is 14.5. The molecule has 1 fully saturated rings. The third-order valence-electron chi connectivity index (χ3n) is 6.90. The molecule has 0 radical (unpaired) electrons. The van der Waals surface area contributed by atoms with Crippen LogP contribution in [0.4, 0.5) is 24.7 Å². The number of hydrogen-bond acceptors (Lipinski definition) is 7. The average Bonchev–Trinajstić information content (AvgIpc) is 3.42. The van der Waals surface area contributed by atoms with Crippen LogP contribution in [0.3, 0.4) is 0 Å². The zero-order valence-corrected chi connectivity index (χ0v) is 24.5. The molecule has 2 aromatic heterocycles. The number of hydrogen-bond donors (Lipinski definition) is 1. The molecule has 1 amide bonds. The van der Waals surface area contributed by atoms with E-state index >= 15 is 0 Å². The predicted octanol–water partition coefficient (Wildman–Crippen LogP) is 6.72. The first kappa shape index (κ1) is 29.7. The van der Waals surface area contributed by atoms with Crippen LogP contribution in [0.5, 0.6) is 0 Å². The summed E-state index contributed by atoms with van der Waals surface area (Å²) in [6.45, 7) is 6.01. The molecule has 0 aliphatic carbocycles. The second kappa shape index (κ2) is 13.0. The van der Waals surface area contributed by atoms with Crippen molar-refractivity contribution in [1.82, 2.24) is 19.6 Å². The monoisotopic (exact) mass is 616 g/mol. The minimum Gasteiger partial charge on any atom is -0.496 e. The summed E-state index contributed by atoms with van der Waals surface area (Å²) >= 11 is 7.83. The Morgan fingerprint density at radius 3 is 2.45 bits per heavy atom. The van der Waals surface area contributed by atoms with Gasteiger partial charge in [-0.25, -0.2) is 13.2 Å². The van der Waals surface area contributed by atoms with E-state index in [-0.39, 0.29) is 22.4 Å². The van der Waals surface area contributed by atoms with Crippen molar-refractivity contribution in [1.29, 1.82) is 0 Å². The number of nitrogens with one attached hydrogen (secondary N) is 1. The van der Waals surface area contributed by atoms with Crippen molar-refractivity contribution in [3.05, 3.63) is 82.1 Å². The Labute approximate surface area is 249 Å². The highest BCUT2D eigenvalue weighted by Crippen LogP contribution is 2.40. The Hall–Kier alpha value is -3.77. The molecule has 0 atom stereocenters. The van der Waals surface area contributed by atoms with E-state index < -0.39 is 23.0 Å². The third-order valence-corrected chi connectivity index (χ3v) is 8.31. The number of allylic oxidation sites excluding steroid dienone is 1. The third kappa shape index (κ3) is 6.49. The van der Waals surface area contributed by atoms with Gasteiger partial charge in [0.25, 0.3) is 11.7 Å². The van der Waals surface area contributed by atoms with Gasteiger partial charge in [0.1, 0.15) is 45.4 Å². The first-order valence-corrected chi connectivity index (χ1v) is 14.7. The number of para-hydroxylation sites is 1. The van der Waals surface area contributed by atoms with E-state index in [0.717, 1.165) is 24.3 Å². The van der Waals surface area contributed by atoms with Gasteiger partial charge < -0.3 is 15.0 Å². The molecule has 8 nitrogen and oxygen atoms in total. The SMILES string of the molecule is CC1=C(C(=O)Nc2ccccc2)SCCO1.CC1CCN(c2c(-c3c(F)cc(F)cc3F)c(Cl)nc3ncnn23)CC1. The molecule has 0 unspecified atom stereocenters. The Bertz CT molecular complexity index is 1600. The van der Waals surface area contributed by atoms with Crippen LogP contribution >= 0.6 is 23.4 Å². The summed E-state index contributed by atoms with van der Waals surface area (Å²) in [6.07, 6.45) is 3.14. The van der Waals surface area contributed by atoms with Crippen molar-refractivity contribution < 1.29 is 22.7 Å². The van der Waals surface area contributed by atoms with Gasteiger partial charge in [0.05, 0.1) is 17.7 Å². The topological polar surface area (TPSA) is 84.6 Å². The molecule has 42 heavy (non-hydrogen) atoms.